The lowest BCUT2D eigenvalue weighted by Crippen LogP contribution is -2.05. The van der Waals surface area contributed by atoms with Crippen LogP contribution in [-0.2, 0) is 0 Å². The van der Waals surface area contributed by atoms with Crippen LogP contribution in [0.25, 0.3) is 111 Å². The second kappa shape index (κ2) is 18.1. The smallest absolute Gasteiger partial charge is 0.104 e. The average molecular weight is 965 g/mol. The molecule has 0 saturated heterocycles. The third kappa shape index (κ3) is 8.36. The predicted molar refractivity (Wildman–Crippen MR) is 314 cm³/mol. The highest BCUT2D eigenvalue weighted by atomic mass is 15.0. The van der Waals surface area contributed by atoms with Crippen LogP contribution in [0.5, 0.6) is 0 Å². The largest absolute Gasteiger partial charge is 0.308 e. The maximum atomic E-state index is 11.9. The van der Waals surface area contributed by atoms with Crippen molar-refractivity contribution in [2.75, 3.05) is 0 Å². The molecular formula is C71H56N4. The molecule has 360 valence electrons. The second-order valence-electron chi connectivity index (χ2n) is 21.3. The third-order valence-corrected chi connectivity index (χ3v) is 15.0. The Morgan fingerprint density at radius 2 is 0.507 bits per heavy atom. The van der Waals surface area contributed by atoms with Crippen LogP contribution in [0.15, 0.2) is 176 Å². The fourth-order valence-electron chi connectivity index (χ4n) is 12.1. The van der Waals surface area contributed by atoms with Crippen molar-refractivity contribution in [2.45, 2.75) is 62.3 Å². The summed E-state index contributed by atoms with van der Waals surface area (Å²) in [5, 5.41) is 26.7. The zero-order chi connectivity index (χ0) is 52.0. The van der Waals surface area contributed by atoms with Crippen LogP contribution in [0.1, 0.15) is 61.2 Å². The summed E-state index contributed by atoms with van der Waals surface area (Å²) in [5.41, 5.74) is 28.4. The van der Waals surface area contributed by atoms with Gasteiger partial charge in [-0.3, -0.25) is 0 Å². The molecule has 0 radical (unpaired) electrons. The monoisotopic (exact) mass is 964 g/mol. The van der Waals surface area contributed by atoms with E-state index < -0.39 is 0 Å². The number of aromatic nitrogens is 2. The fourth-order valence-corrected chi connectivity index (χ4v) is 12.1. The first-order chi connectivity index (χ1) is 36.2. The molecule has 0 saturated carbocycles. The Labute approximate surface area is 439 Å². The molecule has 12 aromatic rings. The number of hydrogen-bond acceptors (Lipinski definition) is 2. The zero-order valence-corrected chi connectivity index (χ0v) is 44.0. The molecule has 2 heterocycles. The van der Waals surface area contributed by atoms with Gasteiger partial charge in [-0.05, 0) is 196 Å². The van der Waals surface area contributed by atoms with E-state index >= 15 is 0 Å². The number of fused-ring (bicyclic) bond motifs is 6. The fraction of sp³-hybridized carbons (Fsp3) is 0.127. The molecule has 10 aromatic carbocycles. The molecule has 4 nitrogen and oxygen atoms in total. The van der Waals surface area contributed by atoms with E-state index in [1.807, 2.05) is 19.1 Å². The van der Waals surface area contributed by atoms with Gasteiger partial charge in [0, 0.05) is 21.5 Å². The maximum absolute atomic E-state index is 11.9. The molecule has 75 heavy (non-hydrogen) atoms. The number of nitrogens with zero attached hydrogens (tertiary/aromatic N) is 4. The normalized spacial score (nSPS) is 11.5. The Morgan fingerprint density at radius 3 is 0.773 bits per heavy atom. The van der Waals surface area contributed by atoms with Gasteiger partial charge in [0.25, 0.3) is 0 Å². The first-order valence-electron chi connectivity index (χ1n) is 25.8. The number of nitriles is 2. The van der Waals surface area contributed by atoms with Crippen LogP contribution in [0, 0.1) is 85.0 Å². The zero-order valence-electron chi connectivity index (χ0n) is 44.0. The number of benzene rings is 10. The molecule has 0 aliphatic rings. The third-order valence-electron chi connectivity index (χ3n) is 15.0. The molecule has 4 heteroatoms. The molecule has 0 unspecified atom stereocenters. The van der Waals surface area contributed by atoms with Crippen LogP contribution >= 0.6 is 0 Å². The van der Waals surface area contributed by atoms with Gasteiger partial charge in [-0.25, -0.2) is 0 Å². The van der Waals surface area contributed by atoms with Crippen LogP contribution < -0.4 is 0 Å². The van der Waals surface area contributed by atoms with Crippen molar-refractivity contribution < 1.29 is 0 Å². The first kappa shape index (κ1) is 46.8. The Balaban J connectivity index is 1.20. The minimum absolute atomic E-state index is 0.540. The van der Waals surface area contributed by atoms with E-state index in [0.29, 0.717) is 11.1 Å². The molecule has 0 spiro atoms. The van der Waals surface area contributed by atoms with E-state index in [1.165, 1.54) is 66.8 Å². The molecule has 0 atom stereocenters. The van der Waals surface area contributed by atoms with E-state index in [-0.39, 0.29) is 0 Å². The van der Waals surface area contributed by atoms with E-state index in [1.54, 1.807) is 0 Å². The minimum Gasteiger partial charge on any atom is -0.308 e. The van der Waals surface area contributed by atoms with Crippen LogP contribution in [-0.4, -0.2) is 9.13 Å². The average Bonchev–Trinajstić information content (AvgIpc) is 3.89. The van der Waals surface area contributed by atoms with E-state index in [9.17, 15) is 10.5 Å². The van der Waals surface area contributed by atoms with Crippen LogP contribution in [0.2, 0.25) is 0 Å². The number of hydrogen-bond donors (Lipinski definition) is 0. The van der Waals surface area contributed by atoms with Crippen molar-refractivity contribution in [1.82, 2.24) is 9.13 Å². The summed E-state index contributed by atoms with van der Waals surface area (Å²) in [6, 6.07) is 69.7. The molecule has 0 aliphatic heterocycles. The van der Waals surface area contributed by atoms with Gasteiger partial charge in [0.2, 0.25) is 0 Å². The topological polar surface area (TPSA) is 57.4 Å². The summed E-state index contributed by atoms with van der Waals surface area (Å²) in [6.45, 7) is 19.3. The summed E-state index contributed by atoms with van der Waals surface area (Å²) >= 11 is 0. The van der Waals surface area contributed by atoms with Gasteiger partial charge in [0.15, 0.2) is 0 Å². The summed E-state index contributed by atoms with van der Waals surface area (Å²) in [7, 11) is 0. The van der Waals surface area contributed by atoms with Gasteiger partial charge >= 0.3 is 0 Å². The molecule has 2 aromatic heterocycles. The molecule has 0 aliphatic carbocycles. The van der Waals surface area contributed by atoms with Gasteiger partial charge in [-0.15, -0.1) is 0 Å². The highest BCUT2D eigenvalue weighted by Crippen LogP contribution is 2.44. The second-order valence-corrected chi connectivity index (χ2v) is 21.3. The minimum atomic E-state index is 0.540. The summed E-state index contributed by atoms with van der Waals surface area (Å²) in [4.78, 5) is 0. The molecular weight excluding hydrogens is 909 g/mol. The van der Waals surface area contributed by atoms with Crippen molar-refractivity contribution >= 4 is 43.6 Å². The highest BCUT2D eigenvalue weighted by Gasteiger charge is 2.24. The molecule has 12 rings (SSSR count). The van der Waals surface area contributed by atoms with Gasteiger partial charge < -0.3 is 9.13 Å². The molecule has 0 amide bonds. The first-order valence-corrected chi connectivity index (χ1v) is 25.8. The maximum Gasteiger partial charge on any atom is 0.104 e. The lowest BCUT2D eigenvalue weighted by Gasteiger charge is -2.19. The van der Waals surface area contributed by atoms with Crippen molar-refractivity contribution in [3.8, 4) is 79.1 Å². The standard InChI is InChI=1S/C71H56N4/c1-41-18-42(2)24-55(23-41)51-10-14-66-61(33-51)62-34-52(56-25-43(3)19-44(4)26-56)11-15-67(62)74(66)70-37-60(59-31-49(9)22-50(32-59)39-72)38-71(65(70)40-73)75-68-16-12-53(57-27-45(5)20-46(6)28-57)35-63(68)64-36-54(13-17-69(64)75)58-29-47(7)21-48(8)30-58/h10-38H,1-9H3. The predicted octanol–water partition coefficient (Wildman–Crippen LogP) is 18.7. The van der Waals surface area contributed by atoms with E-state index in [2.05, 4.69) is 240 Å². The van der Waals surface area contributed by atoms with Crippen molar-refractivity contribution in [2.24, 2.45) is 0 Å². The Hall–Kier alpha value is -9.22. The van der Waals surface area contributed by atoms with Crippen molar-refractivity contribution in [3.05, 3.63) is 237 Å². The van der Waals surface area contributed by atoms with Gasteiger partial charge in [0.05, 0.1) is 45.1 Å². The summed E-state index contributed by atoms with van der Waals surface area (Å²) < 4.78 is 4.61. The van der Waals surface area contributed by atoms with Crippen molar-refractivity contribution in [1.29, 1.82) is 10.5 Å². The van der Waals surface area contributed by atoms with Gasteiger partial charge in [0.1, 0.15) is 11.6 Å². The summed E-state index contributed by atoms with van der Waals surface area (Å²) in [5.74, 6) is 0. The van der Waals surface area contributed by atoms with Crippen molar-refractivity contribution in [3.63, 3.8) is 0 Å². The molecule has 0 bridgehead atoms. The number of aryl methyl sites for hydroxylation is 9. The van der Waals surface area contributed by atoms with Gasteiger partial charge in [-0.2, -0.15) is 10.5 Å². The Morgan fingerprint density at radius 1 is 0.253 bits per heavy atom. The van der Waals surface area contributed by atoms with Gasteiger partial charge in [-0.1, -0.05) is 148 Å². The lowest BCUT2D eigenvalue weighted by molar-refractivity contribution is 1.12. The van der Waals surface area contributed by atoms with E-state index in [0.717, 1.165) is 93.9 Å². The highest BCUT2D eigenvalue weighted by molar-refractivity contribution is 6.14. The Bertz CT molecular complexity index is 3940. The quantitative estimate of drug-likeness (QED) is 0.160. The van der Waals surface area contributed by atoms with Crippen LogP contribution in [0.3, 0.4) is 0 Å². The van der Waals surface area contributed by atoms with Crippen LogP contribution in [0.4, 0.5) is 0 Å². The van der Waals surface area contributed by atoms with E-state index in [4.69, 9.17) is 0 Å². The summed E-state index contributed by atoms with van der Waals surface area (Å²) in [6.07, 6.45) is 0. The Kier molecular flexibility index (Phi) is 11.3. The molecule has 0 fully saturated rings. The lowest BCUT2D eigenvalue weighted by atomic mass is 9.97. The molecule has 0 N–H and O–H groups in total. The number of rotatable bonds is 7. The SMILES string of the molecule is Cc1cc(C)cc(-c2ccc3c(c2)c2cc(-c4cc(C)cc(C)c4)ccc2n3-c2cc(-c3cc(C)cc(C#N)c3)cc(-n3c4ccc(-c5cc(C)cc(C)c5)cc4c4cc(-c5cc(C)cc(C)c5)ccc43)c2C#N)c1.